The van der Waals surface area contributed by atoms with Gasteiger partial charge in [-0.25, -0.2) is 0 Å². The van der Waals surface area contributed by atoms with Crippen LogP contribution in [0, 0.1) is 0 Å². The lowest BCUT2D eigenvalue weighted by atomic mass is 10.1. The molecule has 1 fully saturated rings. The summed E-state index contributed by atoms with van der Waals surface area (Å²) in [7, 11) is 0. The first-order valence-electron chi connectivity index (χ1n) is 7.08. The van der Waals surface area contributed by atoms with Crippen molar-refractivity contribution in [1.82, 2.24) is 4.90 Å². The second kappa shape index (κ2) is 6.47. The van der Waals surface area contributed by atoms with Gasteiger partial charge in [0.25, 0.3) is 0 Å². The van der Waals surface area contributed by atoms with Crippen LogP contribution >= 0.6 is 0 Å². The van der Waals surface area contributed by atoms with Gasteiger partial charge in [0.2, 0.25) is 5.91 Å². The third kappa shape index (κ3) is 4.20. The second-order valence-electron chi connectivity index (χ2n) is 5.39. The van der Waals surface area contributed by atoms with Crippen molar-refractivity contribution in [2.75, 3.05) is 18.4 Å². The van der Waals surface area contributed by atoms with Crippen LogP contribution in [-0.4, -0.2) is 29.9 Å². The van der Waals surface area contributed by atoms with Crippen molar-refractivity contribution < 1.29 is 18.0 Å². The number of halogens is 3. The summed E-state index contributed by atoms with van der Waals surface area (Å²) < 4.78 is 38.5. The van der Waals surface area contributed by atoms with Crippen molar-refractivity contribution >= 4 is 11.6 Å². The molecule has 6 heteroatoms. The summed E-state index contributed by atoms with van der Waals surface area (Å²) in [6, 6.07) is 5.09. The Bertz CT molecular complexity index is 496. The topological polar surface area (TPSA) is 32.3 Å². The highest BCUT2D eigenvalue weighted by atomic mass is 19.4. The van der Waals surface area contributed by atoms with Crippen LogP contribution in [0.4, 0.5) is 18.9 Å². The molecule has 0 spiro atoms. The smallest absolute Gasteiger partial charge is 0.325 e. The molecular weight excluding hydrogens is 281 g/mol. The molecule has 1 aromatic carbocycles. The molecule has 1 saturated heterocycles. The number of nitrogens with zero attached hydrogens (tertiary/aromatic N) is 1. The van der Waals surface area contributed by atoms with Crippen LogP contribution in [0.1, 0.15) is 31.7 Å². The van der Waals surface area contributed by atoms with Gasteiger partial charge in [0, 0.05) is 12.5 Å². The maximum atomic E-state index is 12.8. The maximum Gasteiger partial charge on any atom is 0.418 e. The van der Waals surface area contributed by atoms with Crippen LogP contribution in [0.15, 0.2) is 24.3 Å². The quantitative estimate of drug-likeness (QED) is 0.922. The Balaban J connectivity index is 1.99. The van der Waals surface area contributed by atoms with Crippen molar-refractivity contribution in [2.24, 2.45) is 0 Å². The molecule has 0 aromatic heterocycles. The van der Waals surface area contributed by atoms with E-state index in [1.807, 2.05) is 6.92 Å². The van der Waals surface area contributed by atoms with E-state index in [9.17, 15) is 18.0 Å². The molecule has 2 rings (SSSR count). The molecule has 116 valence electrons. The number of benzene rings is 1. The van der Waals surface area contributed by atoms with Gasteiger partial charge in [-0.05, 0) is 45.0 Å². The van der Waals surface area contributed by atoms with E-state index in [2.05, 4.69) is 10.2 Å². The monoisotopic (exact) mass is 300 g/mol. The predicted molar refractivity (Wildman–Crippen MR) is 75.0 cm³/mol. The van der Waals surface area contributed by atoms with E-state index in [1.165, 1.54) is 18.2 Å². The van der Waals surface area contributed by atoms with Gasteiger partial charge in [0.15, 0.2) is 0 Å². The Labute approximate surface area is 122 Å². The lowest BCUT2D eigenvalue weighted by Gasteiger charge is -2.23. The molecule has 0 radical (unpaired) electrons. The minimum Gasteiger partial charge on any atom is -0.325 e. The van der Waals surface area contributed by atoms with E-state index >= 15 is 0 Å². The molecule has 1 atom stereocenters. The Morgan fingerprint density at radius 3 is 2.52 bits per heavy atom. The van der Waals surface area contributed by atoms with Crippen molar-refractivity contribution in [1.29, 1.82) is 0 Å². The lowest BCUT2D eigenvalue weighted by molar-refractivity contribution is -0.137. The summed E-state index contributed by atoms with van der Waals surface area (Å²) in [5, 5.41) is 2.39. The molecule has 21 heavy (non-hydrogen) atoms. The number of amides is 1. The fourth-order valence-corrected chi connectivity index (χ4v) is 2.62. The van der Waals surface area contributed by atoms with Crippen LogP contribution < -0.4 is 5.32 Å². The van der Waals surface area contributed by atoms with Crippen LogP contribution in [-0.2, 0) is 11.0 Å². The number of hydrogen-bond donors (Lipinski definition) is 1. The summed E-state index contributed by atoms with van der Waals surface area (Å²) >= 11 is 0. The molecule has 0 saturated carbocycles. The maximum absolute atomic E-state index is 12.8. The number of likely N-dealkylation sites (tertiary alicyclic amines) is 1. The lowest BCUT2D eigenvalue weighted by Crippen LogP contribution is -2.33. The number of hydrogen-bond acceptors (Lipinski definition) is 2. The Hall–Kier alpha value is -1.56. The Morgan fingerprint density at radius 2 is 1.90 bits per heavy atom. The van der Waals surface area contributed by atoms with Crippen LogP contribution in [0.3, 0.4) is 0 Å². The van der Waals surface area contributed by atoms with E-state index < -0.39 is 11.7 Å². The number of para-hydroxylation sites is 1. The number of alkyl halides is 3. The Kier molecular flexibility index (Phi) is 4.88. The minimum absolute atomic E-state index is 0.0468. The first kappa shape index (κ1) is 15.8. The SMILES string of the molecule is C[C@H](CC(=O)Nc1ccccc1C(F)(F)F)N1CCCC1. The molecule has 1 aliphatic rings. The molecule has 1 aliphatic heterocycles. The van der Waals surface area contributed by atoms with Gasteiger partial charge in [-0.15, -0.1) is 0 Å². The van der Waals surface area contributed by atoms with Gasteiger partial charge in [0.05, 0.1) is 11.3 Å². The second-order valence-corrected chi connectivity index (χ2v) is 5.39. The number of anilines is 1. The van der Waals surface area contributed by atoms with Gasteiger partial charge in [-0.1, -0.05) is 12.1 Å². The third-order valence-electron chi connectivity index (χ3n) is 3.75. The van der Waals surface area contributed by atoms with Crippen molar-refractivity contribution in [3.8, 4) is 0 Å². The van der Waals surface area contributed by atoms with Gasteiger partial charge in [-0.2, -0.15) is 13.2 Å². The average molecular weight is 300 g/mol. The fraction of sp³-hybridized carbons (Fsp3) is 0.533. The molecular formula is C15H19F3N2O. The predicted octanol–water partition coefficient (Wildman–Crippen LogP) is 3.52. The zero-order valence-electron chi connectivity index (χ0n) is 11.9. The molecule has 0 bridgehead atoms. The standard InChI is InChI=1S/C15H19F3N2O/c1-11(20-8-4-5-9-20)10-14(21)19-13-7-3-2-6-12(13)15(16,17)18/h2-3,6-7,11H,4-5,8-10H2,1H3,(H,19,21)/t11-/m1/s1. The molecule has 1 amide bonds. The van der Waals surface area contributed by atoms with E-state index in [1.54, 1.807) is 0 Å². The minimum atomic E-state index is -4.47. The number of nitrogens with one attached hydrogen (secondary N) is 1. The summed E-state index contributed by atoms with van der Waals surface area (Å²) in [5.41, 5.74) is -0.990. The fourth-order valence-electron chi connectivity index (χ4n) is 2.62. The molecule has 1 aromatic rings. The first-order chi connectivity index (χ1) is 9.88. The van der Waals surface area contributed by atoms with Crippen LogP contribution in [0.5, 0.6) is 0 Å². The summed E-state index contributed by atoms with van der Waals surface area (Å²) in [6.07, 6.45) is -2.04. The highest BCUT2D eigenvalue weighted by Gasteiger charge is 2.33. The highest BCUT2D eigenvalue weighted by Crippen LogP contribution is 2.34. The zero-order valence-corrected chi connectivity index (χ0v) is 11.9. The van der Waals surface area contributed by atoms with Crippen LogP contribution in [0.25, 0.3) is 0 Å². The molecule has 0 aliphatic carbocycles. The Morgan fingerprint density at radius 1 is 1.29 bits per heavy atom. The molecule has 1 N–H and O–H groups in total. The van der Waals surface area contributed by atoms with E-state index in [0.717, 1.165) is 32.0 Å². The zero-order chi connectivity index (χ0) is 15.5. The molecule has 0 unspecified atom stereocenters. The van der Waals surface area contributed by atoms with E-state index in [-0.39, 0.29) is 24.1 Å². The number of carbonyl (C=O) groups excluding carboxylic acids is 1. The number of carbonyl (C=O) groups is 1. The largest absolute Gasteiger partial charge is 0.418 e. The number of rotatable bonds is 4. The first-order valence-corrected chi connectivity index (χ1v) is 7.08. The summed E-state index contributed by atoms with van der Waals surface area (Å²) in [4.78, 5) is 14.1. The average Bonchev–Trinajstić information content (AvgIpc) is 2.91. The van der Waals surface area contributed by atoms with E-state index in [0.29, 0.717) is 0 Å². The summed E-state index contributed by atoms with van der Waals surface area (Å²) in [6.45, 7) is 3.84. The van der Waals surface area contributed by atoms with Crippen molar-refractivity contribution in [3.63, 3.8) is 0 Å². The van der Waals surface area contributed by atoms with Gasteiger partial charge >= 0.3 is 6.18 Å². The summed E-state index contributed by atoms with van der Waals surface area (Å²) in [5.74, 6) is -0.383. The molecule has 3 nitrogen and oxygen atoms in total. The van der Waals surface area contributed by atoms with Crippen molar-refractivity contribution in [2.45, 2.75) is 38.4 Å². The molecule has 1 heterocycles. The third-order valence-corrected chi connectivity index (χ3v) is 3.75. The highest BCUT2D eigenvalue weighted by molar-refractivity contribution is 5.92. The van der Waals surface area contributed by atoms with Crippen LogP contribution in [0.2, 0.25) is 0 Å². The van der Waals surface area contributed by atoms with Gasteiger partial charge in [0.1, 0.15) is 0 Å². The van der Waals surface area contributed by atoms with Crippen molar-refractivity contribution in [3.05, 3.63) is 29.8 Å². The van der Waals surface area contributed by atoms with Gasteiger partial charge < -0.3 is 10.2 Å². The van der Waals surface area contributed by atoms with E-state index in [4.69, 9.17) is 0 Å². The van der Waals surface area contributed by atoms with Gasteiger partial charge in [-0.3, -0.25) is 4.79 Å². The normalized spacial score (nSPS) is 17.7.